The minimum absolute atomic E-state index is 0.264. The maximum Gasteiger partial charge on any atom is 0.163 e. The topological polar surface area (TPSA) is 65.4 Å². The molecule has 24 heavy (non-hydrogen) atoms. The number of benzene rings is 2. The number of halogens is 2. The zero-order chi connectivity index (χ0) is 16.7. The lowest BCUT2D eigenvalue weighted by Gasteiger charge is -2.03. The molecule has 0 aliphatic carbocycles. The molecule has 4 rings (SSSR count). The lowest BCUT2D eigenvalue weighted by atomic mass is 10.1. The van der Waals surface area contributed by atoms with Gasteiger partial charge in [0, 0.05) is 20.2 Å². The highest BCUT2D eigenvalue weighted by atomic mass is 35.5. The molecule has 2 heterocycles. The lowest BCUT2D eigenvalue weighted by Crippen LogP contribution is -1.84. The first-order valence-electron chi connectivity index (χ1n) is 6.95. The van der Waals surface area contributed by atoms with Crippen LogP contribution in [-0.4, -0.2) is 15.4 Å². The summed E-state index contributed by atoms with van der Waals surface area (Å²) in [5.41, 5.74) is 2.31. The van der Waals surface area contributed by atoms with Crippen LogP contribution in [0.2, 0.25) is 5.02 Å². The van der Waals surface area contributed by atoms with E-state index in [1.54, 1.807) is 23.5 Å². The maximum absolute atomic E-state index is 13.4. The number of nitrogens with one attached hydrogen (secondary N) is 1. The molecule has 0 radical (unpaired) electrons. The molecule has 0 fully saturated rings. The van der Waals surface area contributed by atoms with Crippen LogP contribution in [-0.2, 0) is 0 Å². The highest BCUT2D eigenvalue weighted by Crippen LogP contribution is 2.37. The van der Waals surface area contributed by atoms with E-state index in [1.165, 1.54) is 12.1 Å². The Morgan fingerprint density at radius 1 is 1.12 bits per heavy atom. The second-order valence-electron chi connectivity index (χ2n) is 5.17. The molecular weight excluding hydrogens is 347 g/mol. The van der Waals surface area contributed by atoms with Gasteiger partial charge >= 0.3 is 0 Å². The molecule has 0 saturated heterocycles. The van der Waals surface area contributed by atoms with E-state index >= 15 is 0 Å². The van der Waals surface area contributed by atoms with Crippen molar-refractivity contribution in [3.63, 3.8) is 0 Å². The molecule has 116 valence electrons. The summed E-state index contributed by atoms with van der Waals surface area (Å²) < 4.78 is 14.4. The van der Waals surface area contributed by atoms with E-state index in [9.17, 15) is 4.39 Å². The Morgan fingerprint density at radius 3 is 2.79 bits per heavy atom. The van der Waals surface area contributed by atoms with Crippen molar-refractivity contribution in [2.24, 2.45) is 0 Å². The third-order valence-electron chi connectivity index (χ3n) is 3.59. The van der Waals surface area contributed by atoms with E-state index in [1.807, 2.05) is 24.3 Å². The minimum Gasteiger partial charge on any atom is -0.247 e. The third-order valence-corrected chi connectivity index (χ3v) is 4.98. The molecular formula is C17H8ClFN4S. The number of hydrogen-bond donors (Lipinski definition) is 1. The molecule has 0 aliphatic rings. The number of H-pyrrole nitrogens is 1. The zero-order valence-corrected chi connectivity index (χ0v) is 13.6. The van der Waals surface area contributed by atoms with Gasteiger partial charge in [-0.25, -0.2) is 9.49 Å². The number of fused-ring (bicyclic) bond motifs is 1. The van der Waals surface area contributed by atoms with Crippen molar-refractivity contribution in [1.82, 2.24) is 15.4 Å². The summed E-state index contributed by atoms with van der Waals surface area (Å²) in [7, 11) is 0. The van der Waals surface area contributed by atoms with Crippen LogP contribution in [0.3, 0.4) is 0 Å². The van der Waals surface area contributed by atoms with Crippen LogP contribution in [0.25, 0.3) is 31.8 Å². The Labute approximate surface area is 145 Å². The Morgan fingerprint density at radius 2 is 1.96 bits per heavy atom. The predicted molar refractivity (Wildman–Crippen MR) is 92.3 cm³/mol. The van der Waals surface area contributed by atoms with E-state index in [-0.39, 0.29) is 11.5 Å². The zero-order valence-electron chi connectivity index (χ0n) is 12.0. The molecule has 2 aromatic heterocycles. The summed E-state index contributed by atoms with van der Waals surface area (Å²) in [5.74, 6) is -0.264. The van der Waals surface area contributed by atoms with Gasteiger partial charge in [0.05, 0.1) is 0 Å². The first-order chi connectivity index (χ1) is 11.6. The molecule has 4 nitrogen and oxygen atoms in total. The van der Waals surface area contributed by atoms with Crippen LogP contribution < -0.4 is 0 Å². The monoisotopic (exact) mass is 354 g/mol. The van der Waals surface area contributed by atoms with Gasteiger partial charge in [-0.05, 0) is 53.4 Å². The molecule has 0 spiro atoms. The quantitative estimate of drug-likeness (QED) is 0.549. The van der Waals surface area contributed by atoms with Crippen molar-refractivity contribution in [3.05, 3.63) is 59.0 Å². The third kappa shape index (κ3) is 2.54. The first kappa shape index (κ1) is 14.8. The van der Waals surface area contributed by atoms with Crippen LogP contribution >= 0.6 is 22.9 Å². The molecule has 1 N–H and O–H groups in total. The number of thiophene rings is 1. The van der Waals surface area contributed by atoms with E-state index in [0.29, 0.717) is 16.3 Å². The van der Waals surface area contributed by atoms with Gasteiger partial charge in [-0.2, -0.15) is 5.26 Å². The summed E-state index contributed by atoms with van der Waals surface area (Å²) in [6.45, 7) is 0. The SMILES string of the molecule is N#Cc1[nH]nnc1-c1cc(Cl)cc(-c2cc3cc(F)ccc3s2)c1. The van der Waals surface area contributed by atoms with Gasteiger partial charge in [-0.15, -0.1) is 16.4 Å². The number of nitriles is 1. The Balaban J connectivity index is 1.87. The van der Waals surface area contributed by atoms with E-state index in [2.05, 4.69) is 15.4 Å². The van der Waals surface area contributed by atoms with Crippen LogP contribution in [0.4, 0.5) is 4.39 Å². The summed E-state index contributed by atoms with van der Waals surface area (Å²) in [5, 5.41) is 20.7. The Bertz CT molecular complexity index is 1110. The lowest BCUT2D eigenvalue weighted by molar-refractivity contribution is 0.630. The van der Waals surface area contributed by atoms with Crippen molar-refractivity contribution in [2.45, 2.75) is 0 Å². The van der Waals surface area contributed by atoms with Crippen LogP contribution in [0, 0.1) is 17.1 Å². The molecule has 0 amide bonds. The normalized spacial score (nSPS) is 10.9. The summed E-state index contributed by atoms with van der Waals surface area (Å²) in [6.07, 6.45) is 0. The van der Waals surface area contributed by atoms with Gasteiger partial charge in [-0.1, -0.05) is 16.8 Å². The number of rotatable bonds is 2. The maximum atomic E-state index is 13.4. The van der Waals surface area contributed by atoms with Gasteiger partial charge < -0.3 is 0 Å². The highest BCUT2D eigenvalue weighted by Gasteiger charge is 2.13. The smallest absolute Gasteiger partial charge is 0.163 e. The molecule has 4 aromatic rings. The molecule has 7 heteroatoms. The standard InChI is InChI=1S/C17H8ClFN4S/c18-12-4-9(3-11(5-12)17-14(8-20)21-23-22-17)16-7-10-6-13(19)1-2-15(10)24-16/h1-7H,(H,21,22,23). The van der Waals surface area contributed by atoms with Gasteiger partial charge in [0.25, 0.3) is 0 Å². The van der Waals surface area contributed by atoms with E-state index in [0.717, 1.165) is 20.5 Å². The van der Waals surface area contributed by atoms with Crippen LogP contribution in [0.15, 0.2) is 42.5 Å². The van der Waals surface area contributed by atoms with Gasteiger partial charge in [-0.3, -0.25) is 0 Å². The highest BCUT2D eigenvalue weighted by molar-refractivity contribution is 7.22. The Hall–Kier alpha value is -2.75. The van der Waals surface area contributed by atoms with Gasteiger partial charge in [0.1, 0.15) is 17.6 Å². The molecule has 0 saturated carbocycles. The average Bonchev–Trinajstić information content (AvgIpc) is 3.20. The Kier molecular flexibility index (Phi) is 3.53. The van der Waals surface area contributed by atoms with Gasteiger partial charge in [0.15, 0.2) is 5.69 Å². The number of hydrogen-bond acceptors (Lipinski definition) is 4. The average molecular weight is 355 g/mol. The summed E-state index contributed by atoms with van der Waals surface area (Å²) >= 11 is 7.79. The van der Waals surface area contributed by atoms with Crippen molar-refractivity contribution < 1.29 is 4.39 Å². The van der Waals surface area contributed by atoms with Gasteiger partial charge in [0.2, 0.25) is 0 Å². The molecule has 0 bridgehead atoms. The predicted octanol–water partition coefficient (Wildman–Crippen LogP) is 5.02. The van der Waals surface area contributed by atoms with Crippen molar-refractivity contribution in [1.29, 1.82) is 5.26 Å². The van der Waals surface area contributed by atoms with Crippen molar-refractivity contribution in [3.8, 4) is 27.8 Å². The summed E-state index contributed by atoms with van der Waals surface area (Å²) in [6, 6.07) is 14.1. The molecule has 0 atom stereocenters. The van der Waals surface area contributed by atoms with E-state index in [4.69, 9.17) is 16.9 Å². The molecule has 2 aromatic carbocycles. The second-order valence-corrected chi connectivity index (χ2v) is 6.69. The number of aromatic nitrogens is 3. The van der Waals surface area contributed by atoms with Crippen LogP contribution in [0.1, 0.15) is 5.69 Å². The molecule has 0 unspecified atom stereocenters. The second kappa shape index (κ2) is 5.71. The van der Waals surface area contributed by atoms with E-state index < -0.39 is 0 Å². The van der Waals surface area contributed by atoms with Crippen molar-refractivity contribution in [2.75, 3.05) is 0 Å². The van der Waals surface area contributed by atoms with Crippen molar-refractivity contribution >= 4 is 33.0 Å². The fourth-order valence-electron chi connectivity index (χ4n) is 2.53. The largest absolute Gasteiger partial charge is 0.247 e. The number of aromatic amines is 1. The first-order valence-corrected chi connectivity index (χ1v) is 8.15. The number of nitrogens with zero attached hydrogens (tertiary/aromatic N) is 3. The summed E-state index contributed by atoms with van der Waals surface area (Å²) in [4.78, 5) is 0.960. The van der Waals surface area contributed by atoms with Crippen LogP contribution in [0.5, 0.6) is 0 Å². The minimum atomic E-state index is -0.264. The molecule has 0 aliphatic heterocycles. The fourth-order valence-corrected chi connectivity index (χ4v) is 3.80. The fraction of sp³-hybridized carbons (Fsp3) is 0.